The Balaban J connectivity index is 2.17. The number of rotatable bonds is 5. The molecule has 1 saturated heterocycles. The maximum Gasteiger partial charge on any atom is 0.322 e. The number of hydrogen-bond donors (Lipinski definition) is 1. The van der Waals surface area contributed by atoms with E-state index in [-0.39, 0.29) is 13.1 Å². The zero-order valence-electron chi connectivity index (χ0n) is 12.0. The lowest BCUT2D eigenvalue weighted by Crippen LogP contribution is -2.52. The van der Waals surface area contributed by atoms with Gasteiger partial charge in [0.25, 0.3) is 10.2 Å². The van der Waals surface area contributed by atoms with Crippen LogP contribution in [0.4, 0.5) is 0 Å². The summed E-state index contributed by atoms with van der Waals surface area (Å²) in [6.45, 7) is 0.491. The van der Waals surface area contributed by atoms with Crippen LogP contribution in [0.2, 0.25) is 0 Å². The first kappa shape index (κ1) is 15.9. The van der Waals surface area contributed by atoms with E-state index in [1.165, 1.54) is 11.4 Å². The molecule has 116 valence electrons. The van der Waals surface area contributed by atoms with Crippen molar-refractivity contribution in [3.8, 4) is 0 Å². The van der Waals surface area contributed by atoms with Crippen LogP contribution in [0.25, 0.3) is 0 Å². The van der Waals surface area contributed by atoms with Gasteiger partial charge < -0.3 is 5.11 Å². The molecule has 1 N–H and O–H groups in total. The van der Waals surface area contributed by atoms with Gasteiger partial charge in [-0.15, -0.1) is 0 Å². The molecule has 1 unspecified atom stereocenters. The highest BCUT2D eigenvalue weighted by Crippen LogP contribution is 2.23. The van der Waals surface area contributed by atoms with Gasteiger partial charge in [0.2, 0.25) is 0 Å². The lowest BCUT2D eigenvalue weighted by atomic mass is 10.1. The lowest BCUT2D eigenvalue weighted by molar-refractivity contribution is -0.142. The van der Waals surface area contributed by atoms with E-state index in [1.807, 2.05) is 30.3 Å². The van der Waals surface area contributed by atoms with Crippen molar-refractivity contribution in [1.82, 2.24) is 8.61 Å². The van der Waals surface area contributed by atoms with Gasteiger partial charge in [-0.2, -0.15) is 17.0 Å². The van der Waals surface area contributed by atoms with E-state index in [9.17, 15) is 18.3 Å². The molecule has 0 aliphatic carbocycles. The van der Waals surface area contributed by atoms with Crippen LogP contribution in [0, 0.1) is 0 Å². The Bertz CT molecular complexity index is 588. The summed E-state index contributed by atoms with van der Waals surface area (Å²) in [5.74, 6) is -1.08. The van der Waals surface area contributed by atoms with Gasteiger partial charge in [0, 0.05) is 20.1 Å². The quantitative estimate of drug-likeness (QED) is 0.889. The number of aliphatic carboxylic acids is 1. The van der Waals surface area contributed by atoms with Crippen molar-refractivity contribution in [1.29, 1.82) is 0 Å². The van der Waals surface area contributed by atoms with E-state index < -0.39 is 22.2 Å². The zero-order chi connectivity index (χ0) is 15.5. The lowest BCUT2D eigenvalue weighted by Gasteiger charge is -2.34. The van der Waals surface area contributed by atoms with Crippen LogP contribution in [0.5, 0.6) is 0 Å². The van der Waals surface area contributed by atoms with Crippen molar-refractivity contribution in [3.63, 3.8) is 0 Å². The van der Waals surface area contributed by atoms with Gasteiger partial charge in [-0.05, 0) is 24.8 Å². The first-order valence-corrected chi connectivity index (χ1v) is 8.32. The standard InChI is InChI=1S/C14H20N2O4S/c1-15(11-12-7-3-2-4-8-12)21(19,20)16-10-6-5-9-13(16)14(17)18/h2-4,7-8,13H,5-6,9-11H2,1H3,(H,17,18). The van der Waals surface area contributed by atoms with Gasteiger partial charge in [0.15, 0.2) is 0 Å². The van der Waals surface area contributed by atoms with E-state index in [0.717, 1.165) is 16.3 Å². The van der Waals surface area contributed by atoms with Crippen molar-refractivity contribution in [2.75, 3.05) is 13.6 Å². The monoisotopic (exact) mass is 312 g/mol. The number of hydrogen-bond acceptors (Lipinski definition) is 3. The van der Waals surface area contributed by atoms with Crippen LogP contribution in [-0.2, 0) is 21.5 Å². The van der Waals surface area contributed by atoms with Gasteiger partial charge in [0.1, 0.15) is 6.04 Å². The van der Waals surface area contributed by atoms with E-state index in [4.69, 9.17) is 0 Å². The number of carboxylic acids is 1. The van der Waals surface area contributed by atoms with E-state index in [1.54, 1.807) is 0 Å². The fraction of sp³-hybridized carbons (Fsp3) is 0.500. The number of carbonyl (C=O) groups is 1. The van der Waals surface area contributed by atoms with Gasteiger partial charge in [0.05, 0.1) is 0 Å². The first-order valence-electron chi connectivity index (χ1n) is 6.93. The second-order valence-electron chi connectivity index (χ2n) is 5.21. The second-order valence-corrected chi connectivity index (χ2v) is 7.20. The van der Waals surface area contributed by atoms with Gasteiger partial charge >= 0.3 is 5.97 Å². The molecule has 2 rings (SSSR count). The zero-order valence-corrected chi connectivity index (χ0v) is 12.8. The highest BCUT2D eigenvalue weighted by atomic mass is 32.2. The summed E-state index contributed by atoms with van der Waals surface area (Å²) in [6.07, 6.45) is 1.81. The molecule has 0 amide bonds. The molecule has 0 aromatic heterocycles. The molecular weight excluding hydrogens is 292 g/mol. The summed E-state index contributed by atoms with van der Waals surface area (Å²) in [6, 6.07) is 8.28. The molecule has 1 fully saturated rings. The minimum absolute atomic E-state index is 0.228. The number of carboxylic acid groups (broad SMARTS) is 1. The molecule has 0 spiro atoms. The third-order valence-corrected chi connectivity index (χ3v) is 5.62. The predicted octanol–water partition coefficient (Wildman–Crippen LogP) is 1.30. The molecule has 1 atom stereocenters. The smallest absolute Gasteiger partial charge is 0.322 e. The molecule has 0 radical (unpaired) electrons. The van der Waals surface area contributed by atoms with Crippen molar-refractivity contribution < 1.29 is 18.3 Å². The maximum absolute atomic E-state index is 12.6. The molecule has 1 aliphatic heterocycles. The van der Waals surface area contributed by atoms with E-state index in [2.05, 4.69) is 0 Å². The van der Waals surface area contributed by atoms with Gasteiger partial charge in [-0.25, -0.2) is 0 Å². The normalized spacial score (nSPS) is 20.6. The molecule has 0 saturated carbocycles. The number of piperidine rings is 1. The summed E-state index contributed by atoms with van der Waals surface area (Å²) in [4.78, 5) is 11.3. The van der Waals surface area contributed by atoms with Crippen molar-refractivity contribution in [2.24, 2.45) is 0 Å². The maximum atomic E-state index is 12.6. The highest BCUT2D eigenvalue weighted by Gasteiger charge is 2.38. The molecule has 0 bridgehead atoms. The summed E-state index contributed by atoms with van der Waals surface area (Å²) < 4.78 is 27.5. The van der Waals surface area contributed by atoms with E-state index in [0.29, 0.717) is 12.8 Å². The topological polar surface area (TPSA) is 77.9 Å². The predicted molar refractivity (Wildman–Crippen MR) is 78.8 cm³/mol. The number of benzene rings is 1. The van der Waals surface area contributed by atoms with Gasteiger partial charge in [-0.1, -0.05) is 30.3 Å². The molecule has 1 aliphatic rings. The minimum Gasteiger partial charge on any atom is -0.480 e. The van der Waals surface area contributed by atoms with Crippen LogP contribution in [0.1, 0.15) is 24.8 Å². The Morgan fingerprint density at radius 1 is 1.33 bits per heavy atom. The van der Waals surface area contributed by atoms with Crippen LogP contribution < -0.4 is 0 Å². The highest BCUT2D eigenvalue weighted by molar-refractivity contribution is 7.86. The molecule has 6 nitrogen and oxygen atoms in total. The Kier molecular flexibility index (Phi) is 4.97. The number of nitrogens with zero attached hydrogens (tertiary/aromatic N) is 2. The fourth-order valence-corrected chi connectivity index (χ4v) is 4.08. The van der Waals surface area contributed by atoms with Crippen molar-refractivity contribution >= 4 is 16.2 Å². The van der Waals surface area contributed by atoms with Crippen LogP contribution in [-0.4, -0.2) is 47.7 Å². The Morgan fingerprint density at radius 3 is 2.62 bits per heavy atom. The second kappa shape index (κ2) is 6.55. The summed E-state index contributed by atoms with van der Waals surface area (Å²) in [5, 5.41) is 9.22. The SMILES string of the molecule is CN(Cc1ccccc1)S(=O)(=O)N1CCCCC1C(=O)O. The Morgan fingerprint density at radius 2 is 2.00 bits per heavy atom. The van der Waals surface area contributed by atoms with Gasteiger partial charge in [-0.3, -0.25) is 4.79 Å². The third-order valence-electron chi connectivity index (χ3n) is 3.68. The Labute approximate surface area is 125 Å². The molecule has 7 heteroatoms. The van der Waals surface area contributed by atoms with Crippen molar-refractivity contribution in [2.45, 2.75) is 31.8 Å². The van der Waals surface area contributed by atoms with Crippen LogP contribution in [0.3, 0.4) is 0 Å². The fourth-order valence-electron chi connectivity index (χ4n) is 2.53. The summed E-state index contributed by atoms with van der Waals surface area (Å²) >= 11 is 0. The first-order chi connectivity index (χ1) is 9.93. The molecule has 1 aromatic carbocycles. The van der Waals surface area contributed by atoms with Crippen LogP contribution >= 0.6 is 0 Å². The Hall–Kier alpha value is -1.44. The van der Waals surface area contributed by atoms with Crippen molar-refractivity contribution in [3.05, 3.63) is 35.9 Å². The average Bonchev–Trinajstić information content (AvgIpc) is 2.48. The minimum atomic E-state index is -3.77. The average molecular weight is 312 g/mol. The molecule has 1 heterocycles. The summed E-state index contributed by atoms with van der Waals surface area (Å²) in [7, 11) is -2.29. The van der Waals surface area contributed by atoms with E-state index >= 15 is 0 Å². The largest absolute Gasteiger partial charge is 0.480 e. The third kappa shape index (κ3) is 3.61. The molecule has 21 heavy (non-hydrogen) atoms. The molecular formula is C14H20N2O4S. The summed E-state index contributed by atoms with van der Waals surface area (Å²) in [5.41, 5.74) is 0.868. The molecule has 1 aromatic rings. The van der Waals surface area contributed by atoms with Crippen LogP contribution in [0.15, 0.2) is 30.3 Å².